The Morgan fingerprint density at radius 1 is 0.905 bits per heavy atom. The van der Waals surface area contributed by atoms with E-state index in [0.717, 1.165) is 12.6 Å². The third-order valence-corrected chi connectivity index (χ3v) is 5.50. The lowest BCUT2D eigenvalue weighted by Crippen LogP contribution is -2.51. The van der Waals surface area contributed by atoms with Crippen LogP contribution in [0.4, 0.5) is 0 Å². The van der Waals surface area contributed by atoms with Crippen molar-refractivity contribution in [1.29, 1.82) is 0 Å². The van der Waals surface area contributed by atoms with E-state index in [1.807, 2.05) is 0 Å². The molecule has 1 aliphatic rings. The maximum Gasteiger partial charge on any atom is 0.0249 e. The van der Waals surface area contributed by atoms with Crippen molar-refractivity contribution < 1.29 is 0 Å². The van der Waals surface area contributed by atoms with Crippen LogP contribution in [0.2, 0.25) is 0 Å². The molecule has 1 N–H and O–H groups in total. The van der Waals surface area contributed by atoms with Crippen molar-refractivity contribution in [1.82, 2.24) is 10.2 Å². The summed E-state index contributed by atoms with van der Waals surface area (Å²) in [6, 6.07) is 2.11. The summed E-state index contributed by atoms with van der Waals surface area (Å²) in [7, 11) is 2.36. The van der Waals surface area contributed by atoms with Gasteiger partial charge in [0.25, 0.3) is 0 Å². The van der Waals surface area contributed by atoms with E-state index in [1.165, 1.54) is 70.6 Å². The summed E-state index contributed by atoms with van der Waals surface area (Å²) in [6.45, 7) is 8.07. The predicted molar refractivity (Wildman–Crippen MR) is 94.9 cm³/mol. The molecule has 21 heavy (non-hydrogen) atoms. The minimum absolute atomic E-state index is 0.688. The first-order valence-electron chi connectivity index (χ1n) is 9.66. The Bertz CT molecular complexity index is 242. The molecule has 0 aromatic rings. The zero-order valence-electron chi connectivity index (χ0n) is 15.2. The van der Waals surface area contributed by atoms with Gasteiger partial charge in [-0.2, -0.15) is 0 Å². The van der Waals surface area contributed by atoms with Crippen molar-refractivity contribution in [3.63, 3.8) is 0 Å². The average Bonchev–Trinajstić information content (AvgIpc) is 2.48. The van der Waals surface area contributed by atoms with E-state index in [9.17, 15) is 0 Å². The Morgan fingerprint density at radius 2 is 1.43 bits per heavy atom. The van der Waals surface area contributed by atoms with Gasteiger partial charge in [-0.15, -0.1) is 0 Å². The molecule has 0 radical (unpaired) electrons. The fourth-order valence-electron chi connectivity index (χ4n) is 3.77. The number of hydrogen-bond acceptors (Lipinski definition) is 2. The first kappa shape index (κ1) is 19.0. The van der Waals surface area contributed by atoms with Crippen LogP contribution in [0.25, 0.3) is 0 Å². The third-order valence-electron chi connectivity index (χ3n) is 5.50. The highest BCUT2D eigenvalue weighted by molar-refractivity contribution is 4.85. The summed E-state index contributed by atoms with van der Waals surface area (Å²) in [5.41, 5.74) is 0. The topological polar surface area (TPSA) is 15.3 Å². The van der Waals surface area contributed by atoms with Crippen LogP contribution < -0.4 is 5.32 Å². The highest BCUT2D eigenvalue weighted by Crippen LogP contribution is 2.22. The molecule has 0 amide bonds. The Balaban J connectivity index is 2.69. The molecule has 3 unspecified atom stereocenters. The van der Waals surface area contributed by atoms with Crippen LogP contribution >= 0.6 is 0 Å². The molecule has 2 heteroatoms. The lowest BCUT2D eigenvalue weighted by molar-refractivity contribution is 0.127. The number of hydrogen-bond donors (Lipinski definition) is 1. The summed E-state index contributed by atoms with van der Waals surface area (Å²) in [5.74, 6) is 0. The van der Waals surface area contributed by atoms with Gasteiger partial charge in [0.15, 0.2) is 0 Å². The second-order valence-corrected chi connectivity index (χ2v) is 7.06. The van der Waals surface area contributed by atoms with Gasteiger partial charge in [-0.3, -0.25) is 4.90 Å². The third kappa shape index (κ3) is 7.15. The molecule has 0 spiro atoms. The summed E-state index contributed by atoms with van der Waals surface area (Å²) < 4.78 is 0. The van der Waals surface area contributed by atoms with Gasteiger partial charge in [0.1, 0.15) is 0 Å². The Hall–Kier alpha value is -0.0800. The van der Waals surface area contributed by atoms with E-state index in [-0.39, 0.29) is 0 Å². The molecule has 0 heterocycles. The second kappa shape index (κ2) is 11.5. The van der Waals surface area contributed by atoms with E-state index >= 15 is 0 Å². The molecule has 1 fully saturated rings. The minimum Gasteiger partial charge on any atom is -0.313 e. The Morgan fingerprint density at radius 3 is 1.95 bits per heavy atom. The molecule has 1 rings (SSSR count). The van der Waals surface area contributed by atoms with Crippen molar-refractivity contribution in [2.45, 2.75) is 110 Å². The molecule has 1 saturated carbocycles. The van der Waals surface area contributed by atoms with E-state index in [2.05, 4.69) is 38.0 Å². The standard InChI is InChI=1S/C19H40N2/c1-5-17(3)21(4)19-16-14-12-10-8-7-9-11-13-15-18(19)20-6-2/h17-20H,5-16H2,1-4H3. The van der Waals surface area contributed by atoms with Crippen LogP contribution in [0.1, 0.15) is 91.4 Å². The molecular formula is C19H40N2. The van der Waals surface area contributed by atoms with E-state index in [1.54, 1.807) is 0 Å². The smallest absolute Gasteiger partial charge is 0.0249 e. The molecule has 0 aromatic heterocycles. The van der Waals surface area contributed by atoms with Crippen LogP contribution in [0, 0.1) is 0 Å². The first-order chi connectivity index (χ1) is 10.2. The fourth-order valence-corrected chi connectivity index (χ4v) is 3.77. The zero-order valence-corrected chi connectivity index (χ0v) is 15.2. The Kier molecular flexibility index (Phi) is 10.4. The van der Waals surface area contributed by atoms with E-state index in [0.29, 0.717) is 12.1 Å². The van der Waals surface area contributed by atoms with Crippen LogP contribution in [-0.4, -0.2) is 36.6 Å². The van der Waals surface area contributed by atoms with Gasteiger partial charge in [-0.05, 0) is 39.8 Å². The first-order valence-corrected chi connectivity index (χ1v) is 9.66. The van der Waals surface area contributed by atoms with Crippen LogP contribution in [0.15, 0.2) is 0 Å². The molecule has 0 aliphatic heterocycles. The van der Waals surface area contributed by atoms with E-state index in [4.69, 9.17) is 0 Å². The molecule has 0 aromatic carbocycles. The van der Waals surface area contributed by atoms with Crippen LogP contribution in [0.3, 0.4) is 0 Å². The number of rotatable bonds is 5. The summed E-state index contributed by atoms with van der Waals surface area (Å²) in [4.78, 5) is 2.67. The highest BCUT2D eigenvalue weighted by atomic mass is 15.2. The van der Waals surface area contributed by atoms with Gasteiger partial charge in [-0.1, -0.05) is 65.2 Å². The van der Waals surface area contributed by atoms with Gasteiger partial charge in [-0.25, -0.2) is 0 Å². The summed E-state index contributed by atoms with van der Waals surface area (Å²) in [5, 5.41) is 3.80. The molecule has 0 saturated heterocycles. The normalized spacial score (nSPS) is 27.9. The van der Waals surface area contributed by atoms with Gasteiger partial charge in [0, 0.05) is 18.1 Å². The number of likely N-dealkylation sites (N-methyl/N-ethyl adjacent to an activating group) is 2. The SMILES string of the molecule is CCNC1CCCCCCCCCCC1N(C)C(C)CC. The van der Waals surface area contributed by atoms with Gasteiger partial charge in [0.05, 0.1) is 0 Å². The van der Waals surface area contributed by atoms with Crippen molar-refractivity contribution in [2.24, 2.45) is 0 Å². The van der Waals surface area contributed by atoms with Crippen molar-refractivity contribution in [3.8, 4) is 0 Å². The second-order valence-electron chi connectivity index (χ2n) is 7.06. The molecule has 3 atom stereocenters. The number of nitrogens with one attached hydrogen (secondary N) is 1. The lowest BCUT2D eigenvalue weighted by Gasteiger charge is -2.39. The van der Waals surface area contributed by atoms with Gasteiger partial charge in [0.2, 0.25) is 0 Å². The number of nitrogens with zero attached hydrogens (tertiary/aromatic N) is 1. The maximum absolute atomic E-state index is 3.80. The highest BCUT2D eigenvalue weighted by Gasteiger charge is 2.26. The van der Waals surface area contributed by atoms with Gasteiger partial charge >= 0.3 is 0 Å². The largest absolute Gasteiger partial charge is 0.313 e. The molecule has 126 valence electrons. The van der Waals surface area contributed by atoms with Crippen molar-refractivity contribution >= 4 is 0 Å². The summed E-state index contributed by atoms with van der Waals surface area (Å²) >= 11 is 0. The zero-order chi connectivity index (χ0) is 15.5. The lowest BCUT2D eigenvalue weighted by atomic mass is 9.92. The predicted octanol–water partition coefficient (Wildman–Crippen LogP) is 4.98. The van der Waals surface area contributed by atoms with Crippen molar-refractivity contribution in [2.75, 3.05) is 13.6 Å². The fraction of sp³-hybridized carbons (Fsp3) is 1.00. The minimum atomic E-state index is 0.688. The quantitative estimate of drug-likeness (QED) is 0.770. The van der Waals surface area contributed by atoms with Crippen molar-refractivity contribution in [3.05, 3.63) is 0 Å². The van der Waals surface area contributed by atoms with Gasteiger partial charge < -0.3 is 5.32 Å². The molecule has 0 bridgehead atoms. The Labute approximate surface area is 134 Å². The maximum atomic E-state index is 3.80. The van der Waals surface area contributed by atoms with E-state index < -0.39 is 0 Å². The van der Waals surface area contributed by atoms with Crippen LogP contribution in [-0.2, 0) is 0 Å². The molecule has 1 aliphatic carbocycles. The molecule has 2 nitrogen and oxygen atoms in total. The molecular weight excluding hydrogens is 256 g/mol. The summed E-state index contributed by atoms with van der Waals surface area (Å²) in [6.07, 6.45) is 15.5. The average molecular weight is 297 g/mol. The monoisotopic (exact) mass is 296 g/mol. The van der Waals surface area contributed by atoms with Crippen LogP contribution in [0.5, 0.6) is 0 Å².